The molecule has 0 bridgehead atoms. The lowest BCUT2D eigenvalue weighted by molar-refractivity contribution is 0.654. The third-order valence-electron chi connectivity index (χ3n) is 2.85. The SMILES string of the molecule is CCc1cc(N(C)C(C)CC)nc(C)n1. The van der Waals surface area contributed by atoms with Gasteiger partial charge in [0.05, 0.1) is 0 Å². The van der Waals surface area contributed by atoms with E-state index in [1.165, 1.54) is 0 Å². The molecule has 1 aromatic rings. The molecule has 0 fully saturated rings. The maximum absolute atomic E-state index is 4.47. The van der Waals surface area contributed by atoms with Gasteiger partial charge in [0.15, 0.2) is 0 Å². The number of hydrogen-bond donors (Lipinski definition) is 0. The van der Waals surface area contributed by atoms with E-state index in [0.29, 0.717) is 6.04 Å². The molecule has 0 aromatic carbocycles. The second-order valence-electron chi connectivity index (χ2n) is 3.99. The summed E-state index contributed by atoms with van der Waals surface area (Å²) in [5.41, 5.74) is 1.12. The van der Waals surface area contributed by atoms with Crippen LogP contribution in [0.2, 0.25) is 0 Å². The van der Waals surface area contributed by atoms with Crippen LogP contribution in [0.4, 0.5) is 5.82 Å². The van der Waals surface area contributed by atoms with Gasteiger partial charge in [0.2, 0.25) is 0 Å². The van der Waals surface area contributed by atoms with Crippen LogP contribution in [0.1, 0.15) is 38.7 Å². The van der Waals surface area contributed by atoms with E-state index in [2.05, 4.69) is 48.8 Å². The van der Waals surface area contributed by atoms with Crippen LogP contribution in [0, 0.1) is 6.92 Å². The smallest absolute Gasteiger partial charge is 0.132 e. The van der Waals surface area contributed by atoms with Gasteiger partial charge in [0, 0.05) is 24.8 Å². The number of aromatic nitrogens is 2. The summed E-state index contributed by atoms with van der Waals surface area (Å²) in [6, 6.07) is 2.60. The minimum atomic E-state index is 0.518. The van der Waals surface area contributed by atoms with Crippen LogP contribution in [-0.2, 0) is 6.42 Å². The molecule has 0 saturated heterocycles. The van der Waals surface area contributed by atoms with E-state index in [1.807, 2.05) is 6.92 Å². The predicted octanol–water partition coefficient (Wildman–Crippen LogP) is 2.58. The monoisotopic (exact) mass is 207 g/mol. The summed E-state index contributed by atoms with van der Waals surface area (Å²) in [4.78, 5) is 11.1. The Bertz CT molecular complexity index is 323. The van der Waals surface area contributed by atoms with Gasteiger partial charge in [0.25, 0.3) is 0 Å². The van der Waals surface area contributed by atoms with E-state index < -0.39 is 0 Å². The van der Waals surface area contributed by atoms with Gasteiger partial charge in [-0.05, 0) is 26.7 Å². The largest absolute Gasteiger partial charge is 0.357 e. The van der Waals surface area contributed by atoms with Crippen molar-refractivity contribution < 1.29 is 0 Å². The number of hydrogen-bond acceptors (Lipinski definition) is 3. The second kappa shape index (κ2) is 5.10. The molecular formula is C12H21N3. The fraction of sp³-hybridized carbons (Fsp3) is 0.667. The third-order valence-corrected chi connectivity index (χ3v) is 2.85. The molecule has 1 heterocycles. The minimum absolute atomic E-state index is 0.518. The van der Waals surface area contributed by atoms with Crippen LogP contribution in [-0.4, -0.2) is 23.1 Å². The van der Waals surface area contributed by atoms with Crippen LogP contribution >= 0.6 is 0 Å². The summed E-state index contributed by atoms with van der Waals surface area (Å²) >= 11 is 0. The molecule has 0 saturated carbocycles. The van der Waals surface area contributed by atoms with Gasteiger partial charge >= 0.3 is 0 Å². The van der Waals surface area contributed by atoms with Crippen molar-refractivity contribution in [1.82, 2.24) is 9.97 Å². The first-order chi connectivity index (χ1) is 7.08. The van der Waals surface area contributed by atoms with Crippen molar-refractivity contribution in [2.45, 2.75) is 46.6 Å². The van der Waals surface area contributed by atoms with E-state index in [0.717, 1.165) is 30.2 Å². The number of nitrogens with zero attached hydrogens (tertiary/aromatic N) is 3. The van der Waals surface area contributed by atoms with Crippen molar-refractivity contribution >= 4 is 5.82 Å². The summed E-state index contributed by atoms with van der Waals surface area (Å²) in [6.07, 6.45) is 2.09. The zero-order chi connectivity index (χ0) is 11.4. The Labute approximate surface area is 92.6 Å². The number of rotatable bonds is 4. The summed E-state index contributed by atoms with van der Waals surface area (Å²) in [7, 11) is 2.09. The predicted molar refractivity (Wildman–Crippen MR) is 64.3 cm³/mol. The van der Waals surface area contributed by atoms with E-state index in [4.69, 9.17) is 0 Å². The zero-order valence-electron chi connectivity index (χ0n) is 10.4. The zero-order valence-corrected chi connectivity index (χ0v) is 10.4. The maximum Gasteiger partial charge on any atom is 0.132 e. The van der Waals surface area contributed by atoms with Crippen molar-refractivity contribution in [2.24, 2.45) is 0 Å². The van der Waals surface area contributed by atoms with Gasteiger partial charge in [-0.15, -0.1) is 0 Å². The molecular weight excluding hydrogens is 186 g/mol. The van der Waals surface area contributed by atoms with Crippen molar-refractivity contribution in [2.75, 3.05) is 11.9 Å². The van der Waals surface area contributed by atoms with Crippen LogP contribution in [0.5, 0.6) is 0 Å². The molecule has 1 atom stereocenters. The first-order valence-corrected chi connectivity index (χ1v) is 5.65. The van der Waals surface area contributed by atoms with Crippen molar-refractivity contribution in [3.05, 3.63) is 17.6 Å². The molecule has 0 aliphatic heterocycles. The molecule has 15 heavy (non-hydrogen) atoms. The summed E-state index contributed by atoms with van der Waals surface area (Å²) in [5, 5.41) is 0. The summed E-state index contributed by atoms with van der Waals surface area (Å²) in [5.74, 6) is 1.90. The molecule has 0 aliphatic rings. The standard InChI is InChI=1S/C12H21N3/c1-6-9(3)15(5)12-8-11(7-2)13-10(4)14-12/h8-9H,6-7H2,1-5H3. The van der Waals surface area contributed by atoms with Gasteiger partial charge in [-0.3, -0.25) is 0 Å². The highest BCUT2D eigenvalue weighted by Crippen LogP contribution is 2.15. The maximum atomic E-state index is 4.47. The van der Waals surface area contributed by atoms with E-state index >= 15 is 0 Å². The quantitative estimate of drug-likeness (QED) is 0.760. The fourth-order valence-corrected chi connectivity index (χ4v) is 1.47. The average molecular weight is 207 g/mol. The Morgan fingerprint density at radius 3 is 2.53 bits per heavy atom. The Morgan fingerprint density at radius 2 is 2.00 bits per heavy atom. The van der Waals surface area contributed by atoms with Crippen molar-refractivity contribution in [3.63, 3.8) is 0 Å². The first kappa shape index (κ1) is 12.0. The molecule has 0 N–H and O–H groups in total. The average Bonchev–Trinajstić information content (AvgIpc) is 2.26. The van der Waals surface area contributed by atoms with Crippen molar-refractivity contribution in [1.29, 1.82) is 0 Å². The highest BCUT2D eigenvalue weighted by Gasteiger charge is 2.10. The molecule has 84 valence electrons. The van der Waals surface area contributed by atoms with Gasteiger partial charge in [-0.2, -0.15) is 0 Å². The first-order valence-electron chi connectivity index (χ1n) is 5.65. The molecule has 0 aliphatic carbocycles. The lowest BCUT2D eigenvalue weighted by atomic mass is 10.2. The molecule has 3 heteroatoms. The van der Waals surface area contributed by atoms with Crippen LogP contribution < -0.4 is 4.90 Å². The van der Waals surface area contributed by atoms with Gasteiger partial charge in [-0.25, -0.2) is 9.97 Å². The van der Waals surface area contributed by atoms with Crippen LogP contribution in [0.15, 0.2) is 6.07 Å². The highest BCUT2D eigenvalue weighted by molar-refractivity contribution is 5.39. The van der Waals surface area contributed by atoms with Crippen molar-refractivity contribution in [3.8, 4) is 0 Å². The number of anilines is 1. The minimum Gasteiger partial charge on any atom is -0.357 e. The van der Waals surface area contributed by atoms with Gasteiger partial charge in [0.1, 0.15) is 11.6 Å². The van der Waals surface area contributed by atoms with E-state index in [1.54, 1.807) is 0 Å². The lowest BCUT2D eigenvalue weighted by Gasteiger charge is -2.25. The normalized spacial score (nSPS) is 12.6. The Kier molecular flexibility index (Phi) is 4.06. The molecule has 3 nitrogen and oxygen atoms in total. The molecule has 1 unspecified atom stereocenters. The second-order valence-corrected chi connectivity index (χ2v) is 3.99. The fourth-order valence-electron chi connectivity index (χ4n) is 1.47. The Hall–Kier alpha value is -1.12. The lowest BCUT2D eigenvalue weighted by Crippen LogP contribution is -2.29. The third kappa shape index (κ3) is 2.91. The topological polar surface area (TPSA) is 29.0 Å². The number of aryl methyl sites for hydroxylation is 2. The summed E-state index contributed by atoms with van der Waals surface area (Å²) in [6.45, 7) is 8.47. The highest BCUT2D eigenvalue weighted by atomic mass is 15.2. The Morgan fingerprint density at radius 1 is 1.33 bits per heavy atom. The Balaban J connectivity index is 2.97. The summed E-state index contributed by atoms with van der Waals surface area (Å²) < 4.78 is 0. The van der Waals surface area contributed by atoms with Gasteiger partial charge < -0.3 is 4.90 Å². The molecule has 0 radical (unpaired) electrons. The van der Waals surface area contributed by atoms with Crippen LogP contribution in [0.25, 0.3) is 0 Å². The van der Waals surface area contributed by atoms with Crippen LogP contribution in [0.3, 0.4) is 0 Å². The van der Waals surface area contributed by atoms with E-state index in [-0.39, 0.29) is 0 Å². The molecule has 1 aromatic heterocycles. The van der Waals surface area contributed by atoms with Gasteiger partial charge in [-0.1, -0.05) is 13.8 Å². The molecule has 0 spiro atoms. The van der Waals surface area contributed by atoms with E-state index in [9.17, 15) is 0 Å². The molecule has 1 rings (SSSR count). The molecule has 0 amide bonds.